The Bertz CT molecular complexity index is 740. The van der Waals surface area contributed by atoms with Crippen molar-refractivity contribution in [2.45, 2.75) is 33.0 Å². The van der Waals surface area contributed by atoms with Gasteiger partial charge in [0.25, 0.3) is 0 Å². The number of carbonyl (C=O) groups excluding carboxylic acids is 1. The van der Waals surface area contributed by atoms with E-state index in [1.54, 1.807) is 20.8 Å². The first-order chi connectivity index (χ1) is 10.6. The molecule has 0 saturated heterocycles. The average Bonchev–Trinajstić information content (AvgIpc) is 2.73. The normalized spacial score (nSPS) is 13.0. The van der Waals surface area contributed by atoms with Gasteiger partial charge in [-0.1, -0.05) is 23.7 Å². The maximum absolute atomic E-state index is 13.0. The molecule has 0 aliphatic carbocycles. The number of para-hydroxylation sites is 1. The molecule has 0 radical (unpaired) electrons. The minimum absolute atomic E-state index is 0.288. The van der Waals surface area contributed by atoms with Gasteiger partial charge in [-0.05, 0) is 32.9 Å². The van der Waals surface area contributed by atoms with Crippen molar-refractivity contribution in [1.29, 1.82) is 0 Å². The van der Waals surface area contributed by atoms with Crippen LogP contribution in [0.2, 0.25) is 5.02 Å². The number of hydrogen-bond donors (Lipinski definition) is 1. The standard InChI is InChI=1S/C15H15ClF3N3O/c1-8-13(16)9(2)22(21-8)10(3)14(23)20-12-7-5-4-6-11(12)15(17,18)19/h4-7,10H,1-3H3,(H,20,23). The van der Waals surface area contributed by atoms with Crippen molar-refractivity contribution in [2.24, 2.45) is 0 Å². The smallest absolute Gasteiger partial charge is 0.324 e. The van der Waals surface area contributed by atoms with Crippen LogP contribution in [0.15, 0.2) is 24.3 Å². The second-order valence-corrected chi connectivity index (χ2v) is 5.52. The lowest BCUT2D eigenvalue weighted by Crippen LogP contribution is -2.26. The Balaban J connectivity index is 2.28. The Morgan fingerprint density at radius 1 is 1.30 bits per heavy atom. The third-order valence-electron chi connectivity index (χ3n) is 3.47. The van der Waals surface area contributed by atoms with Crippen LogP contribution in [-0.2, 0) is 11.0 Å². The van der Waals surface area contributed by atoms with E-state index in [1.807, 2.05) is 0 Å². The van der Waals surface area contributed by atoms with Crippen molar-refractivity contribution < 1.29 is 18.0 Å². The first kappa shape index (κ1) is 17.3. The lowest BCUT2D eigenvalue weighted by Gasteiger charge is -2.17. The summed E-state index contributed by atoms with van der Waals surface area (Å²) in [5.41, 5.74) is -0.0492. The van der Waals surface area contributed by atoms with Gasteiger partial charge in [0.1, 0.15) is 6.04 Å². The summed E-state index contributed by atoms with van der Waals surface area (Å²) < 4.78 is 40.3. The zero-order chi connectivity index (χ0) is 17.4. The predicted octanol–water partition coefficient (Wildman–Crippen LogP) is 4.37. The van der Waals surface area contributed by atoms with Crippen LogP contribution in [0, 0.1) is 13.8 Å². The molecule has 0 aliphatic heterocycles. The van der Waals surface area contributed by atoms with Crippen LogP contribution in [-0.4, -0.2) is 15.7 Å². The number of nitrogens with zero attached hydrogens (tertiary/aromatic N) is 2. The molecule has 0 bridgehead atoms. The number of nitrogens with one attached hydrogen (secondary N) is 1. The van der Waals surface area contributed by atoms with Gasteiger partial charge in [-0.15, -0.1) is 0 Å². The van der Waals surface area contributed by atoms with Gasteiger partial charge < -0.3 is 5.32 Å². The fraction of sp³-hybridized carbons (Fsp3) is 0.333. The van der Waals surface area contributed by atoms with E-state index in [0.29, 0.717) is 16.4 Å². The molecule has 0 fully saturated rings. The molecule has 1 aromatic heterocycles. The van der Waals surface area contributed by atoms with E-state index in [4.69, 9.17) is 11.6 Å². The predicted molar refractivity (Wildman–Crippen MR) is 81.5 cm³/mol. The molecule has 1 heterocycles. The van der Waals surface area contributed by atoms with Crippen molar-refractivity contribution in [2.75, 3.05) is 5.32 Å². The molecule has 1 atom stereocenters. The summed E-state index contributed by atoms with van der Waals surface area (Å²) in [7, 11) is 0. The summed E-state index contributed by atoms with van der Waals surface area (Å²) in [5, 5.41) is 6.88. The molecule has 0 saturated carbocycles. The van der Waals surface area contributed by atoms with Gasteiger partial charge in [0, 0.05) is 0 Å². The zero-order valence-electron chi connectivity index (χ0n) is 12.7. The van der Waals surface area contributed by atoms with Crippen molar-refractivity contribution in [3.63, 3.8) is 0 Å². The van der Waals surface area contributed by atoms with E-state index in [9.17, 15) is 18.0 Å². The maximum atomic E-state index is 13.0. The minimum atomic E-state index is -4.55. The molecule has 23 heavy (non-hydrogen) atoms. The summed E-state index contributed by atoms with van der Waals surface area (Å²) in [6, 6.07) is 4.02. The Hall–Kier alpha value is -2.02. The maximum Gasteiger partial charge on any atom is 0.418 e. The van der Waals surface area contributed by atoms with Gasteiger partial charge in [-0.2, -0.15) is 18.3 Å². The summed E-state index contributed by atoms with van der Waals surface area (Å²) in [4.78, 5) is 12.3. The highest BCUT2D eigenvalue weighted by atomic mass is 35.5. The Labute approximate surface area is 136 Å². The lowest BCUT2D eigenvalue weighted by atomic mass is 10.1. The van der Waals surface area contributed by atoms with Crippen LogP contribution in [0.5, 0.6) is 0 Å². The third kappa shape index (κ3) is 3.50. The van der Waals surface area contributed by atoms with E-state index in [-0.39, 0.29) is 5.69 Å². The first-order valence-corrected chi connectivity index (χ1v) is 7.19. The van der Waals surface area contributed by atoms with Crippen molar-refractivity contribution in [3.8, 4) is 0 Å². The fourth-order valence-corrected chi connectivity index (χ4v) is 2.33. The first-order valence-electron chi connectivity index (χ1n) is 6.81. The molecular weight excluding hydrogens is 331 g/mol. The topological polar surface area (TPSA) is 46.9 Å². The highest BCUT2D eigenvalue weighted by Crippen LogP contribution is 2.35. The number of aromatic nitrogens is 2. The summed E-state index contributed by atoms with van der Waals surface area (Å²) in [6.45, 7) is 4.92. The molecule has 1 amide bonds. The van der Waals surface area contributed by atoms with Crippen LogP contribution in [0.4, 0.5) is 18.9 Å². The molecule has 2 aromatic rings. The van der Waals surface area contributed by atoms with Crippen molar-refractivity contribution >= 4 is 23.2 Å². The van der Waals surface area contributed by atoms with Crippen LogP contribution in [0.25, 0.3) is 0 Å². The molecule has 2 rings (SSSR count). The number of anilines is 1. The zero-order valence-corrected chi connectivity index (χ0v) is 13.5. The SMILES string of the molecule is Cc1nn(C(C)C(=O)Nc2ccccc2C(F)(F)F)c(C)c1Cl. The molecule has 1 aromatic carbocycles. The number of aryl methyl sites for hydroxylation is 1. The highest BCUT2D eigenvalue weighted by molar-refractivity contribution is 6.31. The number of hydrogen-bond acceptors (Lipinski definition) is 2. The second kappa shape index (κ2) is 6.23. The number of halogens is 4. The minimum Gasteiger partial charge on any atom is -0.324 e. The second-order valence-electron chi connectivity index (χ2n) is 5.14. The van der Waals surface area contributed by atoms with Gasteiger partial charge in [0.05, 0.1) is 27.7 Å². The van der Waals surface area contributed by atoms with E-state index < -0.39 is 23.7 Å². The van der Waals surface area contributed by atoms with Crippen LogP contribution >= 0.6 is 11.6 Å². The monoisotopic (exact) mass is 345 g/mol. The molecule has 124 valence electrons. The largest absolute Gasteiger partial charge is 0.418 e. The lowest BCUT2D eigenvalue weighted by molar-refractivity contribution is -0.137. The summed E-state index contributed by atoms with van der Waals surface area (Å²) in [6.07, 6.45) is -4.55. The van der Waals surface area contributed by atoms with Crippen molar-refractivity contribution in [1.82, 2.24) is 9.78 Å². The molecule has 0 spiro atoms. The summed E-state index contributed by atoms with van der Waals surface area (Å²) in [5.74, 6) is -0.607. The Morgan fingerprint density at radius 2 is 1.91 bits per heavy atom. The third-order valence-corrected chi connectivity index (χ3v) is 4.02. The number of alkyl halides is 3. The van der Waals surface area contributed by atoms with E-state index in [1.165, 1.54) is 22.9 Å². The van der Waals surface area contributed by atoms with Gasteiger partial charge in [-0.3, -0.25) is 9.48 Å². The molecular formula is C15H15ClF3N3O. The molecule has 1 N–H and O–H groups in total. The number of rotatable bonds is 3. The highest BCUT2D eigenvalue weighted by Gasteiger charge is 2.34. The average molecular weight is 346 g/mol. The quantitative estimate of drug-likeness (QED) is 0.897. The van der Waals surface area contributed by atoms with Crippen LogP contribution in [0.1, 0.15) is 29.9 Å². The van der Waals surface area contributed by atoms with E-state index >= 15 is 0 Å². The number of amides is 1. The molecule has 1 unspecified atom stereocenters. The number of carbonyl (C=O) groups is 1. The molecule has 4 nitrogen and oxygen atoms in total. The van der Waals surface area contributed by atoms with Gasteiger partial charge >= 0.3 is 6.18 Å². The molecule has 0 aliphatic rings. The van der Waals surface area contributed by atoms with Gasteiger partial charge in [0.2, 0.25) is 5.91 Å². The molecule has 8 heteroatoms. The van der Waals surface area contributed by atoms with Crippen LogP contribution < -0.4 is 5.32 Å². The van der Waals surface area contributed by atoms with Crippen molar-refractivity contribution in [3.05, 3.63) is 46.2 Å². The Kier molecular flexibility index (Phi) is 4.70. The van der Waals surface area contributed by atoms with E-state index in [2.05, 4.69) is 10.4 Å². The van der Waals surface area contributed by atoms with Crippen LogP contribution in [0.3, 0.4) is 0 Å². The Morgan fingerprint density at radius 3 is 2.43 bits per heavy atom. The summed E-state index contributed by atoms with van der Waals surface area (Å²) >= 11 is 6.03. The van der Waals surface area contributed by atoms with E-state index in [0.717, 1.165) is 6.07 Å². The van der Waals surface area contributed by atoms with Gasteiger partial charge in [0.15, 0.2) is 0 Å². The number of benzene rings is 1. The van der Waals surface area contributed by atoms with Gasteiger partial charge in [-0.25, -0.2) is 0 Å². The fourth-order valence-electron chi connectivity index (χ4n) is 2.21.